The molecule has 100 valence electrons. The van der Waals surface area contributed by atoms with Crippen LogP contribution in [0.1, 0.15) is 13.8 Å². The topological polar surface area (TPSA) is 58.9 Å². The Morgan fingerprint density at radius 1 is 1.38 bits per heavy atom. The normalized spacial score (nSPS) is 10.8. The molecular formula is C8H28O4Si4. The van der Waals surface area contributed by atoms with Gasteiger partial charge in [-0.05, 0) is 40.0 Å². The molecule has 0 aliphatic carbocycles. The molecule has 2 N–H and O–H groups in total. The summed E-state index contributed by atoms with van der Waals surface area (Å²) in [5.74, 6) is 0. The van der Waals surface area contributed by atoms with Gasteiger partial charge < -0.3 is 17.8 Å². The Morgan fingerprint density at radius 3 is 1.62 bits per heavy atom. The molecule has 0 bridgehead atoms. The number of rotatable bonds is 3. The first-order valence-corrected chi connectivity index (χ1v) is 12.8. The first-order chi connectivity index (χ1) is 7.06. The molecule has 0 atom stereocenters. The predicted octanol–water partition coefficient (Wildman–Crippen LogP) is -0.463. The highest BCUT2D eigenvalue weighted by Gasteiger charge is 2.16. The summed E-state index contributed by atoms with van der Waals surface area (Å²) < 4.78 is 9.65. The van der Waals surface area contributed by atoms with Gasteiger partial charge >= 0.3 is 8.56 Å². The van der Waals surface area contributed by atoms with Crippen LogP contribution < -0.4 is 0 Å². The van der Waals surface area contributed by atoms with Crippen LogP contribution in [0.5, 0.6) is 0 Å². The number of allylic oxidation sites excluding steroid dienone is 1. The minimum Gasteiger partial charge on any atom is -0.466 e. The van der Waals surface area contributed by atoms with Crippen LogP contribution >= 0.6 is 0 Å². The lowest BCUT2D eigenvalue weighted by molar-refractivity contribution is 0.360. The highest BCUT2D eigenvalue weighted by Crippen LogP contribution is 1.93. The Hall–Kier alpha value is 0.448. The van der Waals surface area contributed by atoms with Gasteiger partial charge in [-0.15, -0.1) is 6.58 Å². The standard InChI is InChI=1S/C4H8.C2H10O3Si2.C2H10OSi2/c1-4(2)3;1-7(2,4)5-6-3;1-5(2)3-4/h1H2,2-3H3;3-4H,6H2,1-2H3;5H,1-2,4H3. The minimum atomic E-state index is -2.35. The van der Waals surface area contributed by atoms with E-state index in [2.05, 4.69) is 23.8 Å². The molecule has 0 unspecified atom stereocenters. The van der Waals surface area contributed by atoms with Gasteiger partial charge in [0.05, 0.1) is 0 Å². The van der Waals surface area contributed by atoms with Crippen LogP contribution in [0.25, 0.3) is 0 Å². The SMILES string of the molecule is C=C(C)C.C[SiH](C)O[SiH3].C[Si](C)(O)O[SiH2]O. The smallest absolute Gasteiger partial charge is 0.319 e. The molecule has 0 saturated heterocycles. The molecule has 0 amide bonds. The summed E-state index contributed by atoms with van der Waals surface area (Å²) in [5, 5.41) is 0. The van der Waals surface area contributed by atoms with Gasteiger partial charge in [0.1, 0.15) is 10.5 Å². The highest BCUT2D eigenvalue weighted by molar-refractivity contribution is 6.67. The van der Waals surface area contributed by atoms with Gasteiger partial charge in [-0.25, -0.2) is 0 Å². The van der Waals surface area contributed by atoms with Crippen LogP contribution in [0.4, 0.5) is 0 Å². The Bertz CT molecular complexity index is 155. The number of hydrogen-bond donors (Lipinski definition) is 2. The fourth-order valence-electron chi connectivity index (χ4n) is 0.158. The lowest BCUT2D eigenvalue weighted by atomic mass is 10.4. The summed E-state index contributed by atoms with van der Waals surface area (Å²) in [7, 11) is -3.38. The van der Waals surface area contributed by atoms with E-state index in [1.165, 1.54) is 5.57 Å². The van der Waals surface area contributed by atoms with Crippen LogP contribution in [0.2, 0.25) is 26.2 Å². The van der Waals surface area contributed by atoms with Crippen molar-refractivity contribution in [3.63, 3.8) is 0 Å². The molecule has 0 rings (SSSR count). The lowest BCUT2D eigenvalue weighted by Crippen LogP contribution is -2.31. The first kappa shape index (κ1) is 21.7. The maximum absolute atomic E-state index is 8.81. The van der Waals surface area contributed by atoms with E-state index in [9.17, 15) is 0 Å². The van der Waals surface area contributed by atoms with Gasteiger partial charge in [0.25, 0.3) is 10.0 Å². The zero-order chi connectivity index (χ0) is 13.8. The van der Waals surface area contributed by atoms with Crippen molar-refractivity contribution in [3.05, 3.63) is 12.2 Å². The van der Waals surface area contributed by atoms with Gasteiger partial charge in [0.15, 0.2) is 9.04 Å². The molecular weight excluding hydrogens is 272 g/mol. The summed E-state index contributed by atoms with van der Waals surface area (Å²) in [4.78, 5) is 17.0. The van der Waals surface area contributed by atoms with E-state index >= 15 is 0 Å². The zero-order valence-electron chi connectivity index (χ0n) is 11.7. The molecule has 0 saturated carbocycles. The molecule has 16 heavy (non-hydrogen) atoms. The molecule has 0 heterocycles. The van der Waals surface area contributed by atoms with Crippen LogP contribution in [-0.4, -0.2) is 47.7 Å². The third-order valence-electron chi connectivity index (χ3n) is 0.889. The second-order valence-corrected chi connectivity index (χ2v) is 12.5. The Labute approximate surface area is 108 Å². The number of hydrogen-bond acceptors (Lipinski definition) is 4. The van der Waals surface area contributed by atoms with Gasteiger partial charge in [-0.1, -0.05) is 5.57 Å². The Morgan fingerprint density at radius 2 is 1.62 bits per heavy atom. The summed E-state index contributed by atoms with van der Waals surface area (Å²) in [6, 6.07) is 0. The molecule has 0 aromatic carbocycles. The monoisotopic (exact) mass is 300 g/mol. The maximum atomic E-state index is 8.81. The third-order valence-corrected chi connectivity index (χ3v) is 8.00. The van der Waals surface area contributed by atoms with Crippen molar-refractivity contribution in [2.75, 3.05) is 0 Å². The van der Waals surface area contributed by atoms with E-state index in [-0.39, 0.29) is 0 Å². The van der Waals surface area contributed by atoms with Crippen LogP contribution in [-0.2, 0) is 8.23 Å². The van der Waals surface area contributed by atoms with E-state index in [4.69, 9.17) is 13.7 Å². The largest absolute Gasteiger partial charge is 0.466 e. The fourth-order valence-corrected chi connectivity index (χ4v) is 1.42. The molecule has 0 aliphatic rings. The highest BCUT2D eigenvalue weighted by atomic mass is 28.4. The van der Waals surface area contributed by atoms with E-state index in [1.807, 2.05) is 13.8 Å². The molecule has 0 spiro atoms. The predicted molar refractivity (Wildman–Crippen MR) is 81.9 cm³/mol. The lowest BCUT2D eigenvalue weighted by Gasteiger charge is -2.11. The quantitative estimate of drug-likeness (QED) is 0.547. The average molecular weight is 301 g/mol. The van der Waals surface area contributed by atoms with Crippen molar-refractivity contribution in [1.82, 2.24) is 0 Å². The second-order valence-electron chi connectivity index (χ2n) is 4.21. The summed E-state index contributed by atoms with van der Waals surface area (Å²) in [6.45, 7) is 15.1. The van der Waals surface area contributed by atoms with Crippen molar-refractivity contribution in [2.45, 2.75) is 40.0 Å². The summed E-state index contributed by atoms with van der Waals surface area (Å²) in [6.07, 6.45) is 0. The van der Waals surface area contributed by atoms with Crippen molar-refractivity contribution in [2.24, 2.45) is 0 Å². The first-order valence-electron chi connectivity index (χ1n) is 5.18. The Balaban J connectivity index is -0.000000166. The van der Waals surface area contributed by atoms with Gasteiger partial charge in [-0.3, -0.25) is 0 Å². The van der Waals surface area contributed by atoms with Crippen LogP contribution in [0.3, 0.4) is 0 Å². The summed E-state index contributed by atoms with van der Waals surface area (Å²) >= 11 is 0. The van der Waals surface area contributed by atoms with Crippen molar-refractivity contribution < 1.29 is 17.8 Å². The van der Waals surface area contributed by atoms with Crippen molar-refractivity contribution in [1.29, 1.82) is 0 Å². The fraction of sp³-hybridized carbons (Fsp3) is 0.750. The van der Waals surface area contributed by atoms with Gasteiger partial charge in [0, 0.05) is 0 Å². The van der Waals surface area contributed by atoms with E-state index in [1.54, 1.807) is 13.1 Å². The van der Waals surface area contributed by atoms with Crippen LogP contribution in [0.15, 0.2) is 12.2 Å². The average Bonchev–Trinajstić information content (AvgIpc) is 2.01. The second kappa shape index (κ2) is 13.5. The molecule has 0 aromatic rings. The van der Waals surface area contributed by atoms with Crippen molar-refractivity contribution in [3.8, 4) is 0 Å². The van der Waals surface area contributed by atoms with E-state index in [0.717, 1.165) is 10.5 Å². The Kier molecular flexibility index (Phi) is 18.3. The zero-order valence-corrected chi connectivity index (χ0v) is 17.3. The molecule has 0 radical (unpaired) electrons. The maximum Gasteiger partial charge on any atom is 0.319 e. The third kappa shape index (κ3) is 62.8. The molecule has 4 nitrogen and oxygen atoms in total. The summed E-state index contributed by atoms with van der Waals surface area (Å²) in [5.41, 5.74) is 1.17. The van der Waals surface area contributed by atoms with Crippen LogP contribution in [0, 0.1) is 0 Å². The molecule has 0 fully saturated rings. The van der Waals surface area contributed by atoms with E-state index in [0.29, 0.717) is 0 Å². The van der Waals surface area contributed by atoms with Gasteiger partial charge in [-0.2, -0.15) is 0 Å². The van der Waals surface area contributed by atoms with Gasteiger partial charge in [0.2, 0.25) is 0 Å². The molecule has 0 aromatic heterocycles. The van der Waals surface area contributed by atoms with E-state index < -0.39 is 27.6 Å². The molecule has 0 aliphatic heterocycles. The minimum absolute atomic E-state index is 0.588. The van der Waals surface area contributed by atoms with Crippen molar-refractivity contribution >= 4 is 38.1 Å². The molecule has 8 heteroatoms.